The zero-order chi connectivity index (χ0) is 18.6. The zero-order valence-corrected chi connectivity index (χ0v) is 15.7. The third-order valence-electron chi connectivity index (χ3n) is 5.10. The summed E-state index contributed by atoms with van der Waals surface area (Å²) in [5.41, 5.74) is 0.813. The fraction of sp³-hybridized carbons (Fsp3) is 0.611. The van der Waals surface area contributed by atoms with E-state index in [2.05, 4.69) is 5.32 Å². The first kappa shape index (κ1) is 19.3. The molecule has 1 unspecified atom stereocenters. The van der Waals surface area contributed by atoms with Crippen molar-refractivity contribution >= 4 is 16.1 Å². The van der Waals surface area contributed by atoms with Crippen LogP contribution in [0.3, 0.4) is 0 Å². The maximum absolute atomic E-state index is 12.9. The highest BCUT2D eigenvalue weighted by Gasteiger charge is 2.36. The summed E-state index contributed by atoms with van der Waals surface area (Å²) in [5.74, 6) is -0.803. The van der Waals surface area contributed by atoms with Gasteiger partial charge in [0.2, 0.25) is 5.91 Å². The smallest absolute Gasteiger partial charge is 0.281 e. The van der Waals surface area contributed by atoms with Gasteiger partial charge in [-0.25, -0.2) is 4.39 Å². The van der Waals surface area contributed by atoms with E-state index in [1.165, 1.54) is 16.4 Å². The third kappa shape index (κ3) is 4.61. The highest BCUT2D eigenvalue weighted by atomic mass is 32.2. The van der Waals surface area contributed by atoms with Gasteiger partial charge in [0.05, 0.1) is 5.92 Å². The average Bonchev–Trinajstić information content (AvgIpc) is 2.68. The number of hydrogen-bond donors (Lipinski definition) is 1. The predicted molar refractivity (Wildman–Crippen MR) is 96.9 cm³/mol. The van der Waals surface area contributed by atoms with Gasteiger partial charge in [0.25, 0.3) is 10.2 Å². The number of nitrogens with one attached hydrogen (secondary N) is 1. The molecule has 2 heterocycles. The molecule has 1 aromatic carbocycles. The first-order valence-electron chi connectivity index (χ1n) is 9.24. The Morgan fingerprint density at radius 3 is 2.38 bits per heavy atom. The number of carbonyl (C=O) groups is 1. The van der Waals surface area contributed by atoms with Gasteiger partial charge in [-0.2, -0.15) is 17.0 Å². The van der Waals surface area contributed by atoms with E-state index in [9.17, 15) is 17.6 Å². The molecule has 144 valence electrons. The van der Waals surface area contributed by atoms with Crippen LogP contribution in [0.2, 0.25) is 0 Å². The van der Waals surface area contributed by atoms with Gasteiger partial charge in [0, 0.05) is 32.7 Å². The first-order valence-corrected chi connectivity index (χ1v) is 10.6. The van der Waals surface area contributed by atoms with Crippen molar-refractivity contribution < 1.29 is 17.6 Å². The molecule has 0 aliphatic carbocycles. The van der Waals surface area contributed by atoms with Gasteiger partial charge >= 0.3 is 0 Å². The second kappa shape index (κ2) is 8.45. The van der Waals surface area contributed by atoms with Crippen LogP contribution in [0.15, 0.2) is 24.3 Å². The summed E-state index contributed by atoms with van der Waals surface area (Å²) < 4.78 is 41.6. The molecular formula is C18H26FN3O3S. The van der Waals surface area contributed by atoms with Crippen LogP contribution in [0.4, 0.5) is 4.39 Å². The normalized spacial score (nSPS) is 22.9. The second-order valence-electron chi connectivity index (χ2n) is 7.01. The van der Waals surface area contributed by atoms with Gasteiger partial charge in [-0.1, -0.05) is 18.6 Å². The molecule has 0 spiro atoms. The number of halogens is 1. The summed E-state index contributed by atoms with van der Waals surface area (Å²) in [4.78, 5) is 12.5. The number of hydrogen-bond acceptors (Lipinski definition) is 3. The molecule has 3 rings (SSSR count). The van der Waals surface area contributed by atoms with E-state index in [0.717, 1.165) is 24.8 Å². The van der Waals surface area contributed by atoms with Crippen LogP contribution < -0.4 is 5.32 Å². The molecule has 1 atom stereocenters. The average molecular weight is 383 g/mol. The van der Waals surface area contributed by atoms with E-state index in [1.807, 2.05) is 0 Å². The molecule has 8 heteroatoms. The lowest BCUT2D eigenvalue weighted by molar-refractivity contribution is -0.126. The molecule has 0 bridgehead atoms. The minimum absolute atomic E-state index is 0.145. The van der Waals surface area contributed by atoms with Crippen molar-refractivity contribution in [2.45, 2.75) is 38.6 Å². The summed E-state index contributed by atoms with van der Waals surface area (Å²) >= 11 is 0. The predicted octanol–water partition coefficient (Wildman–Crippen LogP) is 1.88. The van der Waals surface area contributed by atoms with E-state index >= 15 is 0 Å². The van der Waals surface area contributed by atoms with E-state index in [4.69, 9.17) is 0 Å². The fourth-order valence-electron chi connectivity index (χ4n) is 3.56. The minimum atomic E-state index is -3.48. The lowest BCUT2D eigenvalue weighted by Crippen LogP contribution is -2.51. The molecule has 26 heavy (non-hydrogen) atoms. The van der Waals surface area contributed by atoms with Crippen LogP contribution in [-0.2, 0) is 21.5 Å². The van der Waals surface area contributed by atoms with Gasteiger partial charge in [-0.15, -0.1) is 0 Å². The van der Waals surface area contributed by atoms with E-state index < -0.39 is 10.2 Å². The fourth-order valence-corrected chi connectivity index (χ4v) is 5.34. The van der Waals surface area contributed by atoms with Crippen molar-refractivity contribution in [3.05, 3.63) is 35.6 Å². The van der Waals surface area contributed by atoms with Crippen LogP contribution >= 0.6 is 0 Å². The van der Waals surface area contributed by atoms with Crippen molar-refractivity contribution in [3.8, 4) is 0 Å². The maximum Gasteiger partial charge on any atom is 0.281 e. The number of benzene rings is 1. The molecule has 6 nitrogen and oxygen atoms in total. The van der Waals surface area contributed by atoms with Gasteiger partial charge in [-0.3, -0.25) is 4.79 Å². The Balaban J connectivity index is 1.56. The highest BCUT2D eigenvalue weighted by Crippen LogP contribution is 2.23. The minimum Gasteiger partial charge on any atom is -0.352 e. The lowest BCUT2D eigenvalue weighted by Gasteiger charge is -2.36. The maximum atomic E-state index is 12.9. The largest absolute Gasteiger partial charge is 0.352 e. The highest BCUT2D eigenvalue weighted by molar-refractivity contribution is 7.86. The first-order chi connectivity index (χ1) is 12.5. The number of amides is 1. The molecule has 2 saturated heterocycles. The molecule has 0 aromatic heterocycles. The molecular weight excluding hydrogens is 357 g/mol. The van der Waals surface area contributed by atoms with Gasteiger partial charge in [0.1, 0.15) is 5.82 Å². The van der Waals surface area contributed by atoms with Crippen molar-refractivity contribution in [1.82, 2.24) is 13.9 Å². The van der Waals surface area contributed by atoms with Crippen LogP contribution in [0.1, 0.15) is 37.7 Å². The Morgan fingerprint density at radius 2 is 1.69 bits per heavy atom. The molecule has 0 radical (unpaired) electrons. The number of carbonyl (C=O) groups excluding carboxylic acids is 1. The SMILES string of the molecule is O=C(NCc1ccc(F)cc1)C1CCCN(S(=O)(=O)N2CCCCC2)C1. The topological polar surface area (TPSA) is 69.7 Å². The Hall–Kier alpha value is -1.51. The van der Waals surface area contributed by atoms with Crippen LogP contribution in [-0.4, -0.2) is 49.1 Å². The van der Waals surface area contributed by atoms with Crippen molar-refractivity contribution in [3.63, 3.8) is 0 Å². The van der Waals surface area contributed by atoms with Crippen molar-refractivity contribution in [2.75, 3.05) is 26.2 Å². The van der Waals surface area contributed by atoms with Crippen LogP contribution in [0.25, 0.3) is 0 Å². The van der Waals surface area contributed by atoms with E-state index in [-0.39, 0.29) is 24.2 Å². The Bertz CT molecular complexity index is 718. The van der Waals surface area contributed by atoms with Crippen LogP contribution in [0.5, 0.6) is 0 Å². The summed E-state index contributed by atoms with van der Waals surface area (Å²) in [7, 11) is -3.48. The molecule has 2 aliphatic rings. The third-order valence-corrected chi connectivity index (χ3v) is 7.10. The monoisotopic (exact) mass is 383 g/mol. The molecule has 1 aromatic rings. The Kier molecular flexibility index (Phi) is 6.26. The lowest BCUT2D eigenvalue weighted by atomic mass is 9.99. The van der Waals surface area contributed by atoms with Crippen molar-refractivity contribution in [1.29, 1.82) is 0 Å². The molecule has 1 N–H and O–H groups in total. The number of piperidine rings is 2. The van der Waals surface area contributed by atoms with Gasteiger partial charge in [-0.05, 0) is 43.4 Å². The summed E-state index contributed by atoms with van der Waals surface area (Å²) in [6.07, 6.45) is 4.23. The zero-order valence-electron chi connectivity index (χ0n) is 14.9. The standard InChI is InChI=1S/C18H26FN3O3S/c19-17-8-6-15(7-9-17)13-20-18(23)16-5-4-12-22(14-16)26(24,25)21-10-2-1-3-11-21/h6-9,16H,1-5,10-14H2,(H,20,23). The van der Waals surface area contributed by atoms with Crippen molar-refractivity contribution in [2.24, 2.45) is 5.92 Å². The number of nitrogens with zero attached hydrogens (tertiary/aromatic N) is 2. The van der Waals surface area contributed by atoms with Gasteiger partial charge < -0.3 is 5.32 Å². The second-order valence-corrected chi connectivity index (χ2v) is 8.94. The van der Waals surface area contributed by atoms with Crippen LogP contribution in [0, 0.1) is 11.7 Å². The molecule has 1 amide bonds. The molecule has 2 aliphatic heterocycles. The molecule has 2 fully saturated rings. The Morgan fingerprint density at radius 1 is 1.04 bits per heavy atom. The summed E-state index contributed by atoms with van der Waals surface area (Å²) in [5, 5.41) is 2.84. The summed E-state index contributed by atoms with van der Waals surface area (Å²) in [6.45, 7) is 2.16. The quantitative estimate of drug-likeness (QED) is 0.844. The van der Waals surface area contributed by atoms with E-state index in [1.54, 1.807) is 16.4 Å². The summed E-state index contributed by atoms with van der Waals surface area (Å²) in [6, 6.07) is 5.97. The molecule has 0 saturated carbocycles. The number of rotatable bonds is 5. The van der Waals surface area contributed by atoms with E-state index in [0.29, 0.717) is 39.0 Å². The Labute approximate surface area is 154 Å². The van der Waals surface area contributed by atoms with Gasteiger partial charge in [0.15, 0.2) is 0 Å².